The van der Waals surface area contributed by atoms with E-state index in [9.17, 15) is 0 Å². The maximum Gasteiger partial charge on any atom is 0.131 e. The number of halogens is 1. The van der Waals surface area contributed by atoms with Crippen molar-refractivity contribution < 1.29 is 0 Å². The number of fused-ring (bicyclic) bond motifs is 1. The highest BCUT2D eigenvalue weighted by Crippen LogP contribution is 2.34. The highest BCUT2D eigenvalue weighted by atomic mass is 35.5. The van der Waals surface area contributed by atoms with Crippen LogP contribution >= 0.6 is 11.6 Å². The highest BCUT2D eigenvalue weighted by molar-refractivity contribution is 6.31. The topological polar surface area (TPSA) is 22.6 Å². The lowest BCUT2D eigenvalue weighted by molar-refractivity contribution is 0.312. The summed E-state index contributed by atoms with van der Waals surface area (Å²) in [5.41, 5.74) is 2.34. The van der Waals surface area contributed by atoms with Crippen molar-refractivity contribution in [3.05, 3.63) is 29.3 Å². The van der Waals surface area contributed by atoms with Gasteiger partial charge in [-0.3, -0.25) is 0 Å². The van der Waals surface area contributed by atoms with Crippen molar-refractivity contribution in [1.29, 1.82) is 0 Å². The van der Waals surface area contributed by atoms with Crippen LogP contribution in [-0.2, 0) is 0 Å². The molecule has 0 atom stereocenters. The van der Waals surface area contributed by atoms with Crippen LogP contribution in [0.25, 0.3) is 10.9 Å². The first kappa shape index (κ1) is 15.0. The van der Waals surface area contributed by atoms with Gasteiger partial charge in [0.05, 0.1) is 5.52 Å². The number of aromatic nitrogens is 1. The molecular weight excluding hydrogens is 308 g/mol. The molecule has 0 bridgehead atoms. The number of rotatable bonds is 2. The summed E-state index contributed by atoms with van der Waals surface area (Å²) in [5, 5.41) is 1.96. The van der Waals surface area contributed by atoms with Gasteiger partial charge in [0.1, 0.15) is 5.82 Å². The number of hydrogen-bond acceptors (Lipinski definition) is 4. The predicted molar refractivity (Wildman–Crippen MR) is 97.9 cm³/mol. The minimum Gasteiger partial charge on any atom is -0.371 e. The molecule has 1 aromatic heterocycles. The summed E-state index contributed by atoms with van der Waals surface area (Å²) >= 11 is 6.24. The quantitative estimate of drug-likeness (QED) is 0.843. The Balaban J connectivity index is 1.78. The highest BCUT2D eigenvalue weighted by Gasteiger charge is 2.20. The van der Waals surface area contributed by atoms with E-state index >= 15 is 0 Å². The fourth-order valence-corrected chi connectivity index (χ4v) is 3.76. The van der Waals surface area contributed by atoms with Crippen LogP contribution in [-0.4, -0.2) is 56.2 Å². The van der Waals surface area contributed by atoms with E-state index in [1.165, 1.54) is 23.9 Å². The Hall–Kier alpha value is -1.52. The minimum atomic E-state index is 0.784. The molecule has 0 aliphatic carbocycles. The SMILES string of the molecule is CN1CCN(c2cc(N3CCCC3)c3cc(Cl)ccc3n2)CC1. The van der Waals surface area contributed by atoms with E-state index in [2.05, 4.69) is 39.9 Å². The Kier molecular flexibility index (Phi) is 4.04. The summed E-state index contributed by atoms with van der Waals surface area (Å²) in [6, 6.07) is 8.33. The molecule has 0 unspecified atom stereocenters. The summed E-state index contributed by atoms with van der Waals surface area (Å²) in [6.45, 7) is 6.55. The van der Waals surface area contributed by atoms with E-state index in [1.807, 2.05) is 6.07 Å². The van der Waals surface area contributed by atoms with Crippen LogP contribution < -0.4 is 9.80 Å². The Morgan fingerprint density at radius 3 is 2.39 bits per heavy atom. The van der Waals surface area contributed by atoms with Gasteiger partial charge in [-0.15, -0.1) is 0 Å². The van der Waals surface area contributed by atoms with Gasteiger partial charge in [-0.1, -0.05) is 11.6 Å². The number of likely N-dealkylation sites (N-methyl/N-ethyl adjacent to an activating group) is 1. The predicted octanol–water partition coefficient (Wildman–Crippen LogP) is 3.24. The molecule has 1 aromatic carbocycles. The van der Waals surface area contributed by atoms with E-state index in [0.717, 1.165) is 55.6 Å². The molecule has 23 heavy (non-hydrogen) atoms. The Bertz CT molecular complexity index is 703. The normalized spacial score (nSPS) is 19.7. The summed E-state index contributed by atoms with van der Waals surface area (Å²) in [4.78, 5) is 12.2. The summed E-state index contributed by atoms with van der Waals surface area (Å²) < 4.78 is 0. The van der Waals surface area contributed by atoms with Crippen molar-refractivity contribution in [1.82, 2.24) is 9.88 Å². The summed E-state index contributed by atoms with van der Waals surface area (Å²) in [7, 11) is 2.18. The molecule has 2 saturated heterocycles. The van der Waals surface area contributed by atoms with E-state index in [4.69, 9.17) is 16.6 Å². The number of pyridine rings is 1. The lowest BCUT2D eigenvalue weighted by Crippen LogP contribution is -2.44. The van der Waals surface area contributed by atoms with Gasteiger partial charge in [0.25, 0.3) is 0 Å². The van der Waals surface area contributed by atoms with Crippen molar-refractivity contribution >= 4 is 34.0 Å². The Morgan fingerprint density at radius 1 is 0.913 bits per heavy atom. The second kappa shape index (κ2) is 6.17. The standard InChI is InChI=1S/C18H23ClN4/c1-21-8-10-23(11-9-21)18-13-17(22-6-2-3-7-22)15-12-14(19)4-5-16(15)20-18/h4-5,12-13H,2-3,6-11H2,1H3. The van der Waals surface area contributed by atoms with E-state index < -0.39 is 0 Å². The molecule has 2 fully saturated rings. The third kappa shape index (κ3) is 2.98. The van der Waals surface area contributed by atoms with Gasteiger partial charge >= 0.3 is 0 Å². The van der Waals surface area contributed by atoms with Crippen LogP contribution in [0.3, 0.4) is 0 Å². The molecule has 0 N–H and O–H groups in total. The lowest BCUT2D eigenvalue weighted by atomic mass is 10.1. The van der Waals surface area contributed by atoms with E-state index in [-0.39, 0.29) is 0 Å². The smallest absolute Gasteiger partial charge is 0.131 e. The van der Waals surface area contributed by atoms with E-state index in [0.29, 0.717) is 0 Å². The molecule has 2 aliphatic rings. The first-order chi connectivity index (χ1) is 11.2. The van der Waals surface area contributed by atoms with Crippen LogP contribution in [0.4, 0.5) is 11.5 Å². The third-order valence-electron chi connectivity index (χ3n) is 5.01. The van der Waals surface area contributed by atoms with Gasteiger partial charge in [-0.2, -0.15) is 0 Å². The van der Waals surface area contributed by atoms with Gasteiger partial charge in [-0.05, 0) is 38.1 Å². The summed E-state index contributed by atoms with van der Waals surface area (Å²) in [5.74, 6) is 1.11. The van der Waals surface area contributed by atoms with Crippen LogP contribution in [0.15, 0.2) is 24.3 Å². The summed E-state index contributed by atoms with van der Waals surface area (Å²) in [6.07, 6.45) is 2.54. The monoisotopic (exact) mass is 330 g/mol. The third-order valence-corrected chi connectivity index (χ3v) is 5.24. The molecule has 4 rings (SSSR count). The van der Waals surface area contributed by atoms with Crippen molar-refractivity contribution in [2.45, 2.75) is 12.8 Å². The first-order valence-electron chi connectivity index (χ1n) is 8.49. The molecule has 0 spiro atoms. The van der Waals surface area contributed by atoms with Crippen molar-refractivity contribution in [2.24, 2.45) is 0 Å². The maximum absolute atomic E-state index is 6.24. The molecule has 0 amide bonds. The van der Waals surface area contributed by atoms with E-state index in [1.54, 1.807) is 0 Å². The lowest BCUT2D eigenvalue weighted by Gasteiger charge is -2.34. The second-order valence-corrected chi connectivity index (χ2v) is 7.08. The Morgan fingerprint density at radius 2 is 1.65 bits per heavy atom. The average Bonchev–Trinajstić information content (AvgIpc) is 3.09. The number of anilines is 2. The van der Waals surface area contributed by atoms with Gasteiger partial charge < -0.3 is 14.7 Å². The zero-order valence-corrected chi connectivity index (χ0v) is 14.4. The fraction of sp³-hybridized carbons (Fsp3) is 0.500. The first-order valence-corrected chi connectivity index (χ1v) is 8.87. The second-order valence-electron chi connectivity index (χ2n) is 6.65. The fourth-order valence-electron chi connectivity index (χ4n) is 3.58. The average molecular weight is 331 g/mol. The van der Waals surface area contributed by atoms with Crippen molar-refractivity contribution in [3.63, 3.8) is 0 Å². The van der Waals surface area contributed by atoms with Crippen molar-refractivity contribution in [2.75, 3.05) is 56.1 Å². The molecule has 122 valence electrons. The van der Waals surface area contributed by atoms with Crippen LogP contribution in [0.2, 0.25) is 5.02 Å². The minimum absolute atomic E-state index is 0.784. The molecule has 0 saturated carbocycles. The number of hydrogen-bond donors (Lipinski definition) is 0. The Labute approximate surface area is 142 Å². The zero-order valence-electron chi connectivity index (χ0n) is 13.6. The van der Waals surface area contributed by atoms with Gasteiger partial charge in [0.15, 0.2) is 0 Å². The molecule has 0 radical (unpaired) electrons. The molecule has 4 nitrogen and oxygen atoms in total. The largest absolute Gasteiger partial charge is 0.371 e. The van der Waals surface area contributed by atoms with Gasteiger partial charge in [-0.25, -0.2) is 4.98 Å². The number of benzene rings is 1. The van der Waals surface area contributed by atoms with Crippen molar-refractivity contribution in [3.8, 4) is 0 Å². The van der Waals surface area contributed by atoms with Crippen LogP contribution in [0.5, 0.6) is 0 Å². The molecule has 5 heteroatoms. The van der Waals surface area contributed by atoms with Gasteiger partial charge in [0.2, 0.25) is 0 Å². The molecule has 2 aliphatic heterocycles. The van der Waals surface area contributed by atoms with Gasteiger partial charge in [0, 0.05) is 61.4 Å². The molecule has 3 heterocycles. The molecule has 2 aromatic rings. The zero-order chi connectivity index (χ0) is 15.8. The number of piperazine rings is 1. The van der Waals surface area contributed by atoms with Crippen LogP contribution in [0, 0.1) is 0 Å². The number of nitrogens with zero attached hydrogens (tertiary/aromatic N) is 4. The van der Waals surface area contributed by atoms with Crippen LogP contribution in [0.1, 0.15) is 12.8 Å². The maximum atomic E-state index is 6.24. The molecular formula is C18H23ClN4.